The maximum Gasteiger partial charge on any atom is 0.108 e. The van der Waals surface area contributed by atoms with Gasteiger partial charge >= 0.3 is 0 Å². The Morgan fingerprint density at radius 2 is 1.95 bits per heavy atom. The number of hydrogen-bond donors (Lipinski definition) is 0. The highest BCUT2D eigenvalue weighted by Gasteiger charge is 2.55. The van der Waals surface area contributed by atoms with Crippen LogP contribution in [0.3, 0.4) is 0 Å². The number of fused-ring (bicyclic) bond motifs is 2. The van der Waals surface area contributed by atoms with Gasteiger partial charge in [0.15, 0.2) is 0 Å². The zero-order valence-corrected chi connectivity index (χ0v) is 14.8. The second kappa shape index (κ2) is 6.87. The fourth-order valence-electron chi connectivity index (χ4n) is 3.56. The lowest BCUT2D eigenvalue weighted by molar-refractivity contribution is -0.1000. The second-order valence-corrected chi connectivity index (χ2v) is 6.34. The largest absolute Gasteiger partial charge is 0.364 e. The first-order valence-corrected chi connectivity index (χ1v) is 8.72. The Balaban J connectivity index is 0.000000774. The number of nitrogens with zero attached hydrogens (tertiary/aromatic N) is 1. The topological polar surface area (TPSA) is 12.5 Å². The molecule has 2 fully saturated rings. The van der Waals surface area contributed by atoms with Crippen molar-refractivity contribution in [2.75, 3.05) is 13.1 Å². The summed E-state index contributed by atoms with van der Waals surface area (Å²) in [5.74, 6) is 0. The van der Waals surface area contributed by atoms with Gasteiger partial charge in [-0.15, -0.1) is 0 Å². The number of halogens is 2. The highest BCUT2D eigenvalue weighted by Crippen LogP contribution is 2.49. The summed E-state index contributed by atoms with van der Waals surface area (Å²) in [4.78, 5) is 2.53. The molecule has 2 aliphatic rings. The van der Waals surface area contributed by atoms with Crippen LogP contribution in [-0.4, -0.2) is 30.1 Å². The zero-order chi connectivity index (χ0) is 15.6. The summed E-state index contributed by atoms with van der Waals surface area (Å²) in [5.41, 5.74) is 0.981. The number of likely N-dealkylation sites (tertiary alicyclic amines) is 1. The summed E-state index contributed by atoms with van der Waals surface area (Å²) in [6, 6.07) is 6.45. The first-order chi connectivity index (χ1) is 10.1. The van der Waals surface area contributed by atoms with Crippen LogP contribution >= 0.6 is 23.2 Å². The van der Waals surface area contributed by atoms with Crippen LogP contribution in [0.4, 0.5) is 0 Å². The number of likely N-dealkylation sites (N-methyl/N-ethyl adjacent to an activating group) is 1. The summed E-state index contributed by atoms with van der Waals surface area (Å²) < 4.78 is 6.37. The van der Waals surface area contributed by atoms with Crippen LogP contribution < -0.4 is 0 Å². The summed E-state index contributed by atoms with van der Waals surface area (Å²) in [6.07, 6.45) is 2.46. The van der Waals surface area contributed by atoms with E-state index < -0.39 is 0 Å². The number of rotatable bonds is 3. The Kier molecular flexibility index (Phi) is 5.59. The molecule has 1 aromatic carbocycles. The standard InChI is InChI=1S/C15H19Cl2NO.C2H6/c1-3-14-13-8-15(19-14,9-18(13)4-2)10-5-6-11(16)12(17)7-10;1-2/h5-7,13-14H,3-4,8-9H2,1-2H3;1-2H3. The first kappa shape index (κ1) is 17.1. The Hall–Kier alpha value is -0.280. The Morgan fingerprint density at radius 1 is 1.24 bits per heavy atom. The quantitative estimate of drug-likeness (QED) is 0.763. The molecule has 2 heterocycles. The minimum atomic E-state index is -0.185. The first-order valence-electron chi connectivity index (χ1n) is 7.97. The van der Waals surface area contributed by atoms with E-state index in [2.05, 4.69) is 24.8 Å². The van der Waals surface area contributed by atoms with E-state index in [1.807, 2.05) is 26.0 Å². The third-order valence-corrected chi connectivity index (χ3v) is 5.27. The SMILES string of the molecule is CC.CCC1OC2(c3ccc(Cl)c(Cl)c3)CC1N(CC)C2. The van der Waals surface area contributed by atoms with E-state index >= 15 is 0 Å². The van der Waals surface area contributed by atoms with Gasteiger partial charge in [0.1, 0.15) is 5.60 Å². The molecular weight excluding hydrogens is 305 g/mol. The lowest BCUT2D eigenvalue weighted by Gasteiger charge is -2.37. The zero-order valence-electron chi connectivity index (χ0n) is 13.3. The Labute approximate surface area is 138 Å². The molecule has 4 heteroatoms. The van der Waals surface area contributed by atoms with Gasteiger partial charge in [-0.2, -0.15) is 0 Å². The van der Waals surface area contributed by atoms with E-state index in [4.69, 9.17) is 27.9 Å². The monoisotopic (exact) mass is 329 g/mol. The van der Waals surface area contributed by atoms with Crippen molar-refractivity contribution >= 4 is 23.2 Å². The second-order valence-electron chi connectivity index (χ2n) is 5.52. The molecule has 0 spiro atoms. The van der Waals surface area contributed by atoms with Gasteiger partial charge in [-0.3, -0.25) is 4.90 Å². The van der Waals surface area contributed by atoms with Crippen molar-refractivity contribution in [3.63, 3.8) is 0 Å². The minimum absolute atomic E-state index is 0.185. The third kappa shape index (κ3) is 2.96. The molecular formula is C17H25Cl2NO. The van der Waals surface area contributed by atoms with E-state index in [0.717, 1.165) is 25.9 Å². The molecule has 3 rings (SSSR count). The lowest BCUT2D eigenvalue weighted by atomic mass is 9.93. The highest BCUT2D eigenvalue weighted by atomic mass is 35.5. The maximum absolute atomic E-state index is 6.37. The average molecular weight is 330 g/mol. The predicted molar refractivity (Wildman–Crippen MR) is 90.3 cm³/mol. The van der Waals surface area contributed by atoms with Crippen LogP contribution in [0.25, 0.3) is 0 Å². The van der Waals surface area contributed by atoms with Gasteiger partial charge in [0.05, 0.1) is 16.1 Å². The predicted octanol–water partition coefficient (Wildman–Crippen LogP) is 5.12. The third-order valence-electron chi connectivity index (χ3n) is 4.53. The Morgan fingerprint density at radius 3 is 2.52 bits per heavy atom. The van der Waals surface area contributed by atoms with Crippen LogP contribution in [0.2, 0.25) is 10.0 Å². The number of morpholine rings is 1. The normalized spacial score (nSPS) is 31.1. The van der Waals surface area contributed by atoms with E-state index in [0.29, 0.717) is 22.2 Å². The van der Waals surface area contributed by atoms with Gasteiger partial charge in [0.25, 0.3) is 0 Å². The van der Waals surface area contributed by atoms with Crippen LogP contribution in [-0.2, 0) is 10.3 Å². The molecule has 0 aliphatic carbocycles. The smallest absolute Gasteiger partial charge is 0.108 e. The van der Waals surface area contributed by atoms with Crippen molar-refractivity contribution < 1.29 is 4.74 Å². The molecule has 0 aromatic heterocycles. The molecule has 2 bridgehead atoms. The summed E-state index contributed by atoms with van der Waals surface area (Å²) in [7, 11) is 0. The Bertz CT molecular complexity index is 478. The lowest BCUT2D eigenvalue weighted by Crippen LogP contribution is -2.46. The van der Waals surface area contributed by atoms with Crippen molar-refractivity contribution in [2.45, 2.75) is 58.3 Å². The average Bonchev–Trinajstić information content (AvgIpc) is 3.08. The van der Waals surface area contributed by atoms with Gasteiger partial charge in [0.2, 0.25) is 0 Å². The van der Waals surface area contributed by atoms with Crippen molar-refractivity contribution in [3.8, 4) is 0 Å². The summed E-state index contributed by atoms with van der Waals surface area (Å²) in [6.45, 7) is 10.5. The minimum Gasteiger partial charge on any atom is -0.364 e. The highest BCUT2D eigenvalue weighted by molar-refractivity contribution is 6.42. The molecule has 118 valence electrons. The van der Waals surface area contributed by atoms with Gasteiger partial charge in [0, 0.05) is 12.6 Å². The van der Waals surface area contributed by atoms with E-state index in [-0.39, 0.29) is 5.60 Å². The number of ether oxygens (including phenoxy) is 1. The van der Waals surface area contributed by atoms with Crippen molar-refractivity contribution in [3.05, 3.63) is 33.8 Å². The molecule has 2 saturated heterocycles. The fraction of sp³-hybridized carbons (Fsp3) is 0.647. The maximum atomic E-state index is 6.37. The van der Waals surface area contributed by atoms with Crippen molar-refractivity contribution in [1.82, 2.24) is 4.90 Å². The van der Waals surface area contributed by atoms with E-state index in [9.17, 15) is 0 Å². The molecule has 2 nitrogen and oxygen atoms in total. The molecule has 2 aliphatic heterocycles. The van der Waals surface area contributed by atoms with Crippen LogP contribution in [0, 0.1) is 0 Å². The summed E-state index contributed by atoms with van der Waals surface area (Å²) >= 11 is 12.2. The molecule has 21 heavy (non-hydrogen) atoms. The number of hydrogen-bond acceptors (Lipinski definition) is 2. The van der Waals surface area contributed by atoms with E-state index in [1.165, 1.54) is 5.56 Å². The summed E-state index contributed by atoms with van der Waals surface area (Å²) in [5, 5.41) is 1.22. The molecule has 1 aromatic rings. The molecule has 0 saturated carbocycles. The number of benzene rings is 1. The van der Waals surface area contributed by atoms with Gasteiger partial charge < -0.3 is 4.74 Å². The van der Waals surface area contributed by atoms with Crippen molar-refractivity contribution in [1.29, 1.82) is 0 Å². The van der Waals surface area contributed by atoms with Gasteiger partial charge in [-0.25, -0.2) is 0 Å². The molecule has 3 unspecified atom stereocenters. The molecule has 0 N–H and O–H groups in total. The van der Waals surface area contributed by atoms with Crippen LogP contribution in [0.1, 0.15) is 46.1 Å². The van der Waals surface area contributed by atoms with Crippen LogP contribution in [0.5, 0.6) is 0 Å². The van der Waals surface area contributed by atoms with Crippen molar-refractivity contribution in [2.24, 2.45) is 0 Å². The fourth-order valence-corrected chi connectivity index (χ4v) is 3.85. The molecule has 0 radical (unpaired) electrons. The van der Waals surface area contributed by atoms with E-state index in [1.54, 1.807) is 0 Å². The molecule has 0 amide bonds. The van der Waals surface area contributed by atoms with Gasteiger partial charge in [-0.05, 0) is 37.1 Å². The van der Waals surface area contributed by atoms with Gasteiger partial charge in [-0.1, -0.05) is 57.0 Å². The van der Waals surface area contributed by atoms with Crippen LogP contribution in [0.15, 0.2) is 18.2 Å². The molecule has 3 atom stereocenters.